The Morgan fingerprint density at radius 2 is 2.04 bits per heavy atom. The molecule has 0 saturated carbocycles. The first-order valence-corrected chi connectivity index (χ1v) is 7.72. The highest BCUT2D eigenvalue weighted by molar-refractivity contribution is 6.06. The molecule has 2 unspecified atom stereocenters. The molecule has 1 amide bonds. The minimum atomic E-state index is -1.60. The van der Waals surface area contributed by atoms with E-state index in [-0.39, 0.29) is 31.1 Å². The number of allylic oxidation sites excluding steroid dienone is 1. The number of aliphatic carboxylic acids is 1. The van der Waals surface area contributed by atoms with E-state index in [4.69, 9.17) is 0 Å². The van der Waals surface area contributed by atoms with Crippen LogP contribution in [0.5, 0.6) is 0 Å². The Morgan fingerprint density at radius 1 is 1.39 bits per heavy atom. The number of nitrogens with zero attached hydrogens (tertiary/aromatic N) is 1. The van der Waals surface area contributed by atoms with Gasteiger partial charge in [-0.25, -0.2) is 0 Å². The van der Waals surface area contributed by atoms with E-state index in [0.29, 0.717) is 12.0 Å². The molecule has 1 aromatic carbocycles. The molecule has 5 heteroatoms. The van der Waals surface area contributed by atoms with Gasteiger partial charge in [0.15, 0.2) is 5.78 Å². The number of carbonyl (C=O) groups is 3. The SMILES string of the molecule is C=CCC1(C(=O)O)C(=O)CCN(C(=O)c2ccccc2)C1CC. The van der Waals surface area contributed by atoms with Gasteiger partial charge in [-0.05, 0) is 25.0 Å². The molecule has 0 radical (unpaired) electrons. The number of likely N-dealkylation sites (tertiary alicyclic amines) is 1. The second kappa shape index (κ2) is 6.77. The highest BCUT2D eigenvalue weighted by Gasteiger charge is 2.55. The first kappa shape index (κ1) is 16.9. The Kier molecular flexibility index (Phi) is 4.98. The van der Waals surface area contributed by atoms with Gasteiger partial charge >= 0.3 is 5.97 Å². The number of amides is 1. The smallest absolute Gasteiger partial charge is 0.319 e. The fourth-order valence-corrected chi connectivity index (χ4v) is 3.44. The van der Waals surface area contributed by atoms with Crippen LogP contribution in [0, 0.1) is 5.41 Å². The predicted octanol–water partition coefficient (Wildman–Crippen LogP) is 2.53. The van der Waals surface area contributed by atoms with E-state index in [1.165, 1.54) is 11.0 Å². The fraction of sp³-hybridized carbons (Fsp3) is 0.389. The number of carbonyl (C=O) groups excluding carboxylic acids is 2. The van der Waals surface area contributed by atoms with Crippen molar-refractivity contribution in [3.63, 3.8) is 0 Å². The average Bonchev–Trinajstić information content (AvgIpc) is 2.56. The molecular formula is C18H21NO4. The van der Waals surface area contributed by atoms with Crippen molar-refractivity contribution in [2.24, 2.45) is 5.41 Å². The Hall–Kier alpha value is -2.43. The van der Waals surface area contributed by atoms with Crippen molar-refractivity contribution in [2.75, 3.05) is 6.54 Å². The summed E-state index contributed by atoms with van der Waals surface area (Å²) in [6.45, 7) is 5.64. The lowest BCUT2D eigenvalue weighted by Crippen LogP contribution is -2.61. The summed E-state index contributed by atoms with van der Waals surface area (Å²) in [6, 6.07) is 8.05. The number of hydrogen-bond donors (Lipinski definition) is 1. The Balaban J connectivity index is 2.46. The van der Waals surface area contributed by atoms with Crippen molar-refractivity contribution < 1.29 is 19.5 Å². The predicted molar refractivity (Wildman–Crippen MR) is 86.1 cm³/mol. The fourth-order valence-electron chi connectivity index (χ4n) is 3.44. The maximum Gasteiger partial charge on any atom is 0.319 e. The molecule has 2 atom stereocenters. The summed E-state index contributed by atoms with van der Waals surface area (Å²) < 4.78 is 0. The minimum absolute atomic E-state index is 0.0260. The number of carboxylic acids is 1. The van der Waals surface area contributed by atoms with E-state index in [1.807, 2.05) is 6.07 Å². The molecule has 1 aliphatic heterocycles. The van der Waals surface area contributed by atoms with Crippen LogP contribution in [0.4, 0.5) is 0 Å². The van der Waals surface area contributed by atoms with Gasteiger partial charge in [0.2, 0.25) is 0 Å². The average molecular weight is 315 g/mol. The third-order valence-electron chi connectivity index (χ3n) is 4.54. The van der Waals surface area contributed by atoms with Crippen LogP contribution in [0.25, 0.3) is 0 Å². The van der Waals surface area contributed by atoms with Crippen molar-refractivity contribution in [1.29, 1.82) is 0 Å². The highest BCUT2D eigenvalue weighted by Crippen LogP contribution is 2.39. The summed E-state index contributed by atoms with van der Waals surface area (Å²) in [5, 5.41) is 9.76. The summed E-state index contributed by atoms with van der Waals surface area (Å²) in [4.78, 5) is 38.7. The molecule has 1 heterocycles. The van der Waals surface area contributed by atoms with Crippen molar-refractivity contribution in [1.82, 2.24) is 4.90 Å². The van der Waals surface area contributed by atoms with Crippen molar-refractivity contribution in [2.45, 2.75) is 32.2 Å². The highest BCUT2D eigenvalue weighted by atomic mass is 16.4. The molecule has 1 aliphatic rings. The Labute approximate surface area is 135 Å². The zero-order chi connectivity index (χ0) is 17.0. The van der Waals surface area contributed by atoms with Crippen LogP contribution in [0.2, 0.25) is 0 Å². The summed E-state index contributed by atoms with van der Waals surface area (Å²) in [5.74, 6) is -1.74. The van der Waals surface area contributed by atoms with Crippen LogP contribution < -0.4 is 0 Å². The third-order valence-corrected chi connectivity index (χ3v) is 4.54. The molecule has 1 N–H and O–H groups in total. The van der Waals surface area contributed by atoms with Crippen molar-refractivity contribution in [3.8, 4) is 0 Å². The number of piperidine rings is 1. The zero-order valence-corrected chi connectivity index (χ0v) is 13.2. The lowest BCUT2D eigenvalue weighted by atomic mass is 9.68. The maximum atomic E-state index is 12.8. The van der Waals surface area contributed by atoms with Crippen LogP contribution in [0.3, 0.4) is 0 Å². The molecule has 23 heavy (non-hydrogen) atoms. The second-order valence-corrected chi connectivity index (χ2v) is 5.73. The number of Topliss-reactive ketones (excluding diaryl/α,β-unsaturated/α-hetero) is 1. The number of ketones is 1. The largest absolute Gasteiger partial charge is 0.480 e. The van der Waals surface area contributed by atoms with Crippen molar-refractivity contribution in [3.05, 3.63) is 48.6 Å². The van der Waals surface area contributed by atoms with Crippen LogP contribution in [0.1, 0.15) is 36.5 Å². The Morgan fingerprint density at radius 3 is 2.57 bits per heavy atom. The normalized spacial score (nSPS) is 24.3. The molecule has 5 nitrogen and oxygen atoms in total. The van der Waals surface area contributed by atoms with Crippen LogP contribution in [-0.2, 0) is 9.59 Å². The molecule has 1 fully saturated rings. The molecule has 2 rings (SSSR count). The molecule has 0 aliphatic carbocycles. The van der Waals surface area contributed by atoms with E-state index in [0.717, 1.165) is 0 Å². The van der Waals surface area contributed by atoms with Gasteiger partial charge in [0.05, 0.1) is 6.04 Å². The molecule has 1 aromatic rings. The van der Waals surface area contributed by atoms with E-state index in [9.17, 15) is 19.5 Å². The zero-order valence-electron chi connectivity index (χ0n) is 13.2. The molecule has 1 saturated heterocycles. The van der Waals surface area contributed by atoms with E-state index in [1.54, 1.807) is 31.2 Å². The summed E-state index contributed by atoms with van der Waals surface area (Å²) in [7, 11) is 0. The summed E-state index contributed by atoms with van der Waals surface area (Å²) >= 11 is 0. The quantitative estimate of drug-likeness (QED) is 0.669. The topological polar surface area (TPSA) is 74.7 Å². The molecule has 122 valence electrons. The van der Waals surface area contributed by atoms with Gasteiger partial charge in [0.1, 0.15) is 5.41 Å². The van der Waals surface area contributed by atoms with E-state index in [2.05, 4.69) is 6.58 Å². The van der Waals surface area contributed by atoms with E-state index >= 15 is 0 Å². The first-order valence-electron chi connectivity index (χ1n) is 7.72. The van der Waals surface area contributed by atoms with Gasteiger partial charge in [-0.1, -0.05) is 31.2 Å². The molecular weight excluding hydrogens is 294 g/mol. The number of hydrogen-bond acceptors (Lipinski definition) is 3. The van der Waals surface area contributed by atoms with Crippen LogP contribution in [0.15, 0.2) is 43.0 Å². The molecule has 0 aromatic heterocycles. The third kappa shape index (κ3) is 2.79. The summed E-state index contributed by atoms with van der Waals surface area (Å²) in [6.07, 6.45) is 1.92. The monoisotopic (exact) mass is 315 g/mol. The number of rotatable bonds is 5. The molecule has 0 spiro atoms. The van der Waals surface area contributed by atoms with Gasteiger partial charge in [0, 0.05) is 18.5 Å². The minimum Gasteiger partial charge on any atom is -0.480 e. The van der Waals surface area contributed by atoms with Gasteiger partial charge in [-0.2, -0.15) is 0 Å². The van der Waals surface area contributed by atoms with E-state index < -0.39 is 17.4 Å². The number of carboxylic acid groups (broad SMARTS) is 1. The van der Waals surface area contributed by atoms with Gasteiger partial charge in [0.25, 0.3) is 5.91 Å². The van der Waals surface area contributed by atoms with Crippen molar-refractivity contribution >= 4 is 17.7 Å². The standard InChI is InChI=1S/C18H21NO4/c1-3-11-18(17(22)23)14(4-2)19(12-10-15(18)20)16(21)13-8-6-5-7-9-13/h3,5-9,14H,1,4,10-12H2,2H3,(H,22,23). The lowest BCUT2D eigenvalue weighted by molar-refractivity contribution is -0.162. The maximum absolute atomic E-state index is 12.8. The second-order valence-electron chi connectivity index (χ2n) is 5.73. The molecule has 0 bridgehead atoms. The van der Waals surface area contributed by atoms with Crippen LogP contribution in [-0.4, -0.2) is 40.3 Å². The number of benzene rings is 1. The van der Waals surface area contributed by atoms with Gasteiger partial charge in [-0.3, -0.25) is 14.4 Å². The summed E-state index contributed by atoms with van der Waals surface area (Å²) in [5.41, 5.74) is -1.10. The van der Waals surface area contributed by atoms with Crippen LogP contribution >= 0.6 is 0 Å². The Bertz CT molecular complexity index is 625. The lowest BCUT2D eigenvalue weighted by Gasteiger charge is -2.45. The van der Waals surface area contributed by atoms with Gasteiger partial charge in [-0.15, -0.1) is 6.58 Å². The van der Waals surface area contributed by atoms with Gasteiger partial charge < -0.3 is 10.0 Å². The first-order chi connectivity index (χ1) is 11.0.